The van der Waals surface area contributed by atoms with Crippen LogP contribution in [0.25, 0.3) is 0 Å². The Morgan fingerprint density at radius 2 is 2.21 bits per heavy atom. The molecule has 0 aliphatic heterocycles. The Balaban J connectivity index is 1.76. The molecule has 0 amide bonds. The molecule has 0 aromatic heterocycles. The number of nitrogens with one attached hydrogen (secondary N) is 1. The van der Waals surface area contributed by atoms with Crippen LogP contribution in [0.15, 0.2) is 22.7 Å². The lowest BCUT2D eigenvalue weighted by Crippen LogP contribution is -2.31. The Hall–Kier alpha value is -0.410. The molecule has 1 saturated carbocycles. The van der Waals surface area contributed by atoms with Gasteiger partial charge in [0.05, 0.1) is 4.47 Å². The first-order valence-electron chi connectivity index (χ1n) is 7.38. The van der Waals surface area contributed by atoms with Crippen LogP contribution in [-0.4, -0.2) is 12.6 Å². The summed E-state index contributed by atoms with van der Waals surface area (Å²) in [6.07, 6.45) is 7.44. The van der Waals surface area contributed by atoms with E-state index >= 15 is 0 Å². The molecule has 3 heteroatoms. The lowest BCUT2D eigenvalue weighted by Gasteiger charge is -2.17. The first kappa shape index (κ1) is 15.0. The zero-order valence-electron chi connectivity index (χ0n) is 11.6. The Morgan fingerprint density at radius 1 is 1.42 bits per heavy atom. The highest BCUT2D eigenvalue weighted by Gasteiger charge is 2.29. The van der Waals surface area contributed by atoms with Crippen LogP contribution in [0.5, 0.6) is 0 Å². The molecule has 1 aliphatic carbocycles. The summed E-state index contributed by atoms with van der Waals surface area (Å²) in [5, 5.41) is 3.67. The summed E-state index contributed by atoms with van der Waals surface area (Å²) >= 11 is 3.25. The van der Waals surface area contributed by atoms with E-state index in [4.69, 9.17) is 0 Å². The maximum absolute atomic E-state index is 13.1. The van der Waals surface area contributed by atoms with Crippen LogP contribution >= 0.6 is 15.9 Å². The van der Waals surface area contributed by atoms with Crippen molar-refractivity contribution in [3.05, 3.63) is 34.1 Å². The highest BCUT2D eigenvalue weighted by molar-refractivity contribution is 9.10. The standard InChI is InChI=1S/C16H23BrFN/c1-2-10-19-16(13-7-8-13)5-3-4-12-6-9-15(18)14(17)11-12/h6,9,11,13,16,19H,2-5,7-8,10H2,1H3. The highest BCUT2D eigenvalue weighted by Crippen LogP contribution is 2.34. The summed E-state index contributed by atoms with van der Waals surface area (Å²) in [4.78, 5) is 0. The van der Waals surface area contributed by atoms with Crippen molar-refractivity contribution in [2.75, 3.05) is 6.54 Å². The fourth-order valence-corrected chi connectivity index (χ4v) is 2.98. The third-order valence-corrected chi connectivity index (χ3v) is 4.42. The van der Waals surface area contributed by atoms with E-state index in [0.717, 1.165) is 18.9 Å². The third kappa shape index (κ3) is 4.88. The second kappa shape index (κ2) is 7.39. The molecular weight excluding hydrogens is 305 g/mol. The van der Waals surface area contributed by atoms with Gasteiger partial charge in [-0.3, -0.25) is 0 Å². The fraction of sp³-hybridized carbons (Fsp3) is 0.625. The molecule has 0 spiro atoms. The Bertz CT molecular complexity index is 404. The van der Waals surface area contributed by atoms with Gasteiger partial charge in [-0.2, -0.15) is 0 Å². The van der Waals surface area contributed by atoms with Crippen molar-refractivity contribution in [3.8, 4) is 0 Å². The van der Waals surface area contributed by atoms with Crippen molar-refractivity contribution >= 4 is 15.9 Å². The smallest absolute Gasteiger partial charge is 0.137 e. The maximum Gasteiger partial charge on any atom is 0.137 e. The summed E-state index contributed by atoms with van der Waals surface area (Å²) in [6.45, 7) is 3.34. The van der Waals surface area contributed by atoms with Crippen molar-refractivity contribution in [1.29, 1.82) is 0 Å². The van der Waals surface area contributed by atoms with Gasteiger partial charge in [-0.05, 0) is 84.6 Å². The van der Waals surface area contributed by atoms with E-state index in [9.17, 15) is 4.39 Å². The molecule has 2 rings (SSSR count). The van der Waals surface area contributed by atoms with Gasteiger partial charge in [0.25, 0.3) is 0 Å². The molecule has 1 aliphatic rings. The maximum atomic E-state index is 13.1. The van der Waals surface area contributed by atoms with Crippen LogP contribution in [-0.2, 0) is 6.42 Å². The van der Waals surface area contributed by atoms with E-state index < -0.39 is 0 Å². The number of halogens is 2. The third-order valence-electron chi connectivity index (χ3n) is 3.81. The first-order chi connectivity index (χ1) is 9.20. The summed E-state index contributed by atoms with van der Waals surface area (Å²) in [5.41, 5.74) is 1.22. The monoisotopic (exact) mass is 327 g/mol. The predicted octanol–water partition coefficient (Wildman–Crippen LogP) is 4.69. The lowest BCUT2D eigenvalue weighted by molar-refractivity contribution is 0.425. The normalized spacial score (nSPS) is 16.6. The van der Waals surface area contributed by atoms with Crippen molar-refractivity contribution in [1.82, 2.24) is 5.32 Å². The molecule has 1 fully saturated rings. The summed E-state index contributed by atoms with van der Waals surface area (Å²) in [5.74, 6) is 0.732. The zero-order chi connectivity index (χ0) is 13.7. The molecule has 1 atom stereocenters. The molecule has 0 saturated heterocycles. The van der Waals surface area contributed by atoms with E-state index in [-0.39, 0.29) is 5.82 Å². The van der Waals surface area contributed by atoms with Crippen LogP contribution in [0, 0.1) is 11.7 Å². The van der Waals surface area contributed by atoms with Crippen LogP contribution in [0.2, 0.25) is 0 Å². The Kier molecular flexibility index (Phi) is 5.83. The summed E-state index contributed by atoms with van der Waals surface area (Å²) < 4.78 is 13.7. The minimum atomic E-state index is -0.177. The van der Waals surface area contributed by atoms with Gasteiger partial charge < -0.3 is 5.32 Å². The topological polar surface area (TPSA) is 12.0 Å². The number of aryl methyl sites for hydroxylation is 1. The molecule has 1 unspecified atom stereocenters. The average molecular weight is 328 g/mol. The lowest BCUT2D eigenvalue weighted by atomic mass is 10.0. The van der Waals surface area contributed by atoms with Crippen LogP contribution in [0.4, 0.5) is 4.39 Å². The van der Waals surface area contributed by atoms with Gasteiger partial charge in [-0.25, -0.2) is 4.39 Å². The van der Waals surface area contributed by atoms with Gasteiger partial charge >= 0.3 is 0 Å². The average Bonchev–Trinajstić information content (AvgIpc) is 3.22. The van der Waals surface area contributed by atoms with E-state index in [1.165, 1.54) is 37.7 Å². The van der Waals surface area contributed by atoms with Crippen molar-refractivity contribution < 1.29 is 4.39 Å². The summed E-state index contributed by atoms with van der Waals surface area (Å²) in [7, 11) is 0. The highest BCUT2D eigenvalue weighted by atomic mass is 79.9. The van der Waals surface area contributed by atoms with E-state index in [1.807, 2.05) is 12.1 Å². The van der Waals surface area contributed by atoms with Crippen LogP contribution in [0.3, 0.4) is 0 Å². The van der Waals surface area contributed by atoms with Crippen molar-refractivity contribution in [2.45, 2.75) is 51.5 Å². The first-order valence-corrected chi connectivity index (χ1v) is 8.17. The molecule has 0 radical (unpaired) electrons. The van der Waals surface area contributed by atoms with Gasteiger partial charge in [-0.1, -0.05) is 13.0 Å². The van der Waals surface area contributed by atoms with Gasteiger partial charge in [0.1, 0.15) is 5.82 Å². The molecule has 1 nitrogen and oxygen atoms in total. The second-order valence-electron chi connectivity index (χ2n) is 5.54. The summed E-state index contributed by atoms with van der Waals surface area (Å²) in [6, 6.07) is 6.04. The van der Waals surface area contributed by atoms with Crippen molar-refractivity contribution in [2.24, 2.45) is 5.92 Å². The minimum Gasteiger partial charge on any atom is -0.314 e. The molecule has 0 bridgehead atoms. The largest absolute Gasteiger partial charge is 0.314 e. The fourth-order valence-electron chi connectivity index (χ4n) is 2.55. The SMILES string of the molecule is CCCNC(CCCc1ccc(F)c(Br)c1)C1CC1. The molecule has 106 valence electrons. The quantitative estimate of drug-likeness (QED) is 0.730. The molecule has 1 aromatic carbocycles. The number of rotatable bonds is 8. The van der Waals surface area contributed by atoms with E-state index in [0.29, 0.717) is 10.5 Å². The number of hydrogen-bond acceptors (Lipinski definition) is 1. The van der Waals surface area contributed by atoms with E-state index in [1.54, 1.807) is 6.07 Å². The Morgan fingerprint density at radius 3 is 2.84 bits per heavy atom. The Labute approximate surface area is 124 Å². The van der Waals surface area contributed by atoms with Gasteiger partial charge in [-0.15, -0.1) is 0 Å². The van der Waals surface area contributed by atoms with Gasteiger partial charge in [0, 0.05) is 6.04 Å². The zero-order valence-corrected chi connectivity index (χ0v) is 13.2. The number of hydrogen-bond donors (Lipinski definition) is 1. The van der Waals surface area contributed by atoms with Gasteiger partial charge in [0.2, 0.25) is 0 Å². The molecule has 0 heterocycles. The number of benzene rings is 1. The molecule has 1 aromatic rings. The molecule has 19 heavy (non-hydrogen) atoms. The van der Waals surface area contributed by atoms with Crippen LogP contribution < -0.4 is 5.32 Å². The second-order valence-corrected chi connectivity index (χ2v) is 6.39. The van der Waals surface area contributed by atoms with E-state index in [2.05, 4.69) is 28.2 Å². The predicted molar refractivity (Wildman–Crippen MR) is 81.8 cm³/mol. The molecule has 1 N–H and O–H groups in total. The molecular formula is C16H23BrFN. The van der Waals surface area contributed by atoms with Crippen LogP contribution in [0.1, 0.15) is 44.6 Å². The van der Waals surface area contributed by atoms with Gasteiger partial charge in [0.15, 0.2) is 0 Å². The van der Waals surface area contributed by atoms with Crippen molar-refractivity contribution in [3.63, 3.8) is 0 Å². The minimum absolute atomic E-state index is 0.177.